The van der Waals surface area contributed by atoms with Crippen molar-refractivity contribution in [2.45, 2.75) is 12.6 Å². The number of hydrogen-bond donors (Lipinski definition) is 2. The Balaban J connectivity index is 1.82. The van der Waals surface area contributed by atoms with Crippen LogP contribution in [0.25, 0.3) is 10.9 Å². The molecule has 2 aromatic rings. The standard InChI is InChI=1S/C15H18N4O/c16-15(20)14-9-17-7-8-19(14)10-12-6-5-11-3-1-2-4-13(11)18-12/h1-6,14,17H,7-10H2,(H2,16,20). The van der Waals surface area contributed by atoms with Crippen LogP contribution < -0.4 is 11.1 Å². The summed E-state index contributed by atoms with van der Waals surface area (Å²) in [6, 6.07) is 11.9. The normalized spacial score (nSPS) is 20.1. The Labute approximate surface area is 117 Å². The number of nitrogens with one attached hydrogen (secondary N) is 1. The van der Waals surface area contributed by atoms with Crippen LogP contribution in [0.2, 0.25) is 0 Å². The van der Waals surface area contributed by atoms with Gasteiger partial charge in [-0.25, -0.2) is 0 Å². The Morgan fingerprint density at radius 3 is 3.05 bits per heavy atom. The average molecular weight is 270 g/mol. The summed E-state index contributed by atoms with van der Waals surface area (Å²) < 4.78 is 0. The molecule has 0 spiro atoms. The van der Waals surface area contributed by atoms with E-state index in [0.29, 0.717) is 13.1 Å². The fourth-order valence-corrected chi connectivity index (χ4v) is 2.62. The van der Waals surface area contributed by atoms with Crippen LogP contribution in [0.15, 0.2) is 36.4 Å². The SMILES string of the molecule is NC(=O)C1CNCCN1Cc1ccc2ccccc2n1. The Morgan fingerprint density at radius 1 is 1.35 bits per heavy atom. The van der Waals surface area contributed by atoms with Crippen molar-refractivity contribution in [3.8, 4) is 0 Å². The molecule has 1 saturated heterocycles. The molecule has 5 heteroatoms. The Morgan fingerprint density at radius 2 is 2.20 bits per heavy atom. The Hall–Kier alpha value is -1.98. The largest absolute Gasteiger partial charge is 0.368 e. The van der Waals surface area contributed by atoms with Crippen molar-refractivity contribution in [3.05, 3.63) is 42.1 Å². The Bertz CT molecular complexity index is 628. The number of amides is 1. The highest BCUT2D eigenvalue weighted by Crippen LogP contribution is 2.14. The van der Waals surface area contributed by atoms with Crippen LogP contribution >= 0.6 is 0 Å². The van der Waals surface area contributed by atoms with E-state index in [4.69, 9.17) is 5.73 Å². The summed E-state index contributed by atoms with van der Waals surface area (Å²) in [7, 11) is 0. The summed E-state index contributed by atoms with van der Waals surface area (Å²) in [6.07, 6.45) is 0. The fourth-order valence-electron chi connectivity index (χ4n) is 2.62. The quantitative estimate of drug-likeness (QED) is 0.851. The zero-order valence-electron chi connectivity index (χ0n) is 11.2. The third-order valence-corrected chi connectivity index (χ3v) is 3.70. The first-order valence-corrected chi connectivity index (χ1v) is 6.83. The molecule has 104 valence electrons. The van der Waals surface area contributed by atoms with Crippen LogP contribution in [0.3, 0.4) is 0 Å². The second-order valence-electron chi connectivity index (χ2n) is 5.09. The van der Waals surface area contributed by atoms with Gasteiger partial charge >= 0.3 is 0 Å². The monoisotopic (exact) mass is 270 g/mol. The van der Waals surface area contributed by atoms with Crippen molar-refractivity contribution >= 4 is 16.8 Å². The van der Waals surface area contributed by atoms with Crippen molar-refractivity contribution < 1.29 is 4.79 Å². The minimum atomic E-state index is -0.280. The fraction of sp³-hybridized carbons (Fsp3) is 0.333. The molecule has 1 atom stereocenters. The number of nitrogens with zero attached hydrogens (tertiary/aromatic N) is 2. The van der Waals surface area contributed by atoms with E-state index < -0.39 is 0 Å². The lowest BCUT2D eigenvalue weighted by Crippen LogP contribution is -2.56. The first-order chi connectivity index (χ1) is 9.74. The zero-order chi connectivity index (χ0) is 13.9. The van der Waals surface area contributed by atoms with E-state index in [0.717, 1.165) is 29.7 Å². The highest BCUT2D eigenvalue weighted by Gasteiger charge is 2.26. The summed E-state index contributed by atoms with van der Waals surface area (Å²) in [5.41, 5.74) is 7.41. The topological polar surface area (TPSA) is 71.2 Å². The van der Waals surface area contributed by atoms with E-state index in [1.165, 1.54) is 0 Å². The maximum Gasteiger partial charge on any atom is 0.236 e. The molecule has 1 aliphatic heterocycles. The number of aromatic nitrogens is 1. The predicted molar refractivity (Wildman–Crippen MR) is 78.0 cm³/mol. The van der Waals surface area contributed by atoms with E-state index in [-0.39, 0.29) is 11.9 Å². The number of carbonyl (C=O) groups is 1. The number of hydrogen-bond acceptors (Lipinski definition) is 4. The van der Waals surface area contributed by atoms with Gasteiger partial charge in [0.15, 0.2) is 0 Å². The zero-order valence-corrected chi connectivity index (χ0v) is 11.2. The molecule has 0 aliphatic carbocycles. The van der Waals surface area contributed by atoms with Crippen molar-refractivity contribution in [2.75, 3.05) is 19.6 Å². The molecular weight excluding hydrogens is 252 g/mol. The minimum Gasteiger partial charge on any atom is -0.368 e. The molecule has 2 heterocycles. The third-order valence-electron chi connectivity index (χ3n) is 3.70. The summed E-state index contributed by atoms with van der Waals surface area (Å²) in [5.74, 6) is -0.280. The number of benzene rings is 1. The average Bonchev–Trinajstić information content (AvgIpc) is 2.47. The number of carbonyl (C=O) groups excluding carboxylic acids is 1. The first kappa shape index (κ1) is 13.0. The number of para-hydroxylation sites is 1. The van der Waals surface area contributed by atoms with Crippen LogP contribution in [0, 0.1) is 0 Å². The van der Waals surface area contributed by atoms with Crippen molar-refractivity contribution in [3.63, 3.8) is 0 Å². The molecule has 0 bridgehead atoms. The van der Waals surface area contributed by atoms with E-state index in [1.807, 2.05) is 30.3 Å². The number of nitrogens with two attached hydrogens (primary N) is 1. The van der Waals surface area contributed by atoms with E-state index in [1.54, 1.807) is 0 Å². The Kier molecular flexibility index (Phi) is 3.62. The summed E-state index contributed by atoms with van der Waals surface area (Å²) >= 11 is 0. The van der Waals surface area contributed by atoms with E-state index in [2.05, 4.69) is 21.3 Å². The van der Waals surface area contributed by atoms with Crippen LogP contribution in [-0.4, -0.2) is 41.5 Å². The van der Waals surface area contributed by atoms with Crippen LogP contribution in [0.5, 0.6) is 0 Å². The molecule has 0 radical (unpaired) electrons. The molecule has 1 unspecified atom stereocenters. The van der Waals surface area contributed by atoms with Gasteiger partial charge in [0, 0.05) is 31.6 Å². The maximum absolute atomic E-state index is 11.5. The van der Waals surface area contributed by atoms with E-state index in [9.17, 15) is 4.79 Å². The second kappa shape index (κ2) is 5.56. The van der Waals surface area contributed by atoms with E-state index >= 15 is 0 Å². The van der Waals surface area contributed by atoms with Gasteiger partial charge < -0.3 is 11.1 Å². The smallest absolute Gasteiger partial charge is 0.236 e. The summed E-state index contributed by atoms with van der Waals surface area (Å²) in [5, 5.41) is 4.33. The molecule has 1 aromatic heterocycles. The van der Waals surface area contributed by atoms with Crippen molar-refractivity contribution in [1.29, 1.82) is 0 Å². The van der Waals surface area contributed by atoms with Gasteiger partial charge in [0.05, 0.1) is 11.2 Å². The number of rotatable bonds is 3. The van der Waals surface area contributed by atoms with Gasteiger partial charge in [-0.2, -0.15) is 0 Å². The number of piperazine rings is 1. The van der Waals surface area contributed by atoms with Gasteiger partial charge in [-0.15, -0.1) is 0 Å². The van der Waals surface area contributed by atoms with Gasteiger partial charge in [0.2, 0.25) is 5.91 Å². The molecule has 1 fully saturated rings. The second-order valence-corrected chi connectivity index (χ2v) is 5.09. The molecule has 5 nitrogen and oxygen atoms in total. The molecule has 1 amide bonds. The minimum absolute atomic E-state index is 0.253. The van der Waals surface area contributed by atoms with Crippen molar-refractivity contribution in [2.24, 2.45) is 5.73 Å². The lowest BCUT2D eigenvalue weighted by molar-refractivity contribution is -0.124. The maximum atomic E-state index is 11.5. The predicted octanol–water partition coefficient (Wildman–Crippen LogP) is 0.494. The van der Waals surface area contributed by atoms with Crippen LogP contribution in [0.1, 0.15) is 5.69 Å². The lowest BCUT2D eigenvalue weighted by atomic mass is 10.1. The van der Waals surface area contributed by atoms with Gasteiger partial charge in [-0.3, -0.25) is 14.7 Å². The lowest BCUT2D eigenvalue weighted by Gasteiger charge is -2.33. The van der Waals surface area contributed by atoms with Crippen LogP contribution in [0.4, 0.5) is 0 Å². The molecule has 20 heavy (non-hydrogen) atoms. The highest BCUT2D eigenvalue weighted by molar-refractivity contribution is 5.80. The van der Waals surface area contributed by atoms with Gasteiger partial charge in [0.1, 0.15) is 6.04 Å². The highest BCUT2D eigenvalue weighted by atomic mass is 16.1. The molecule has 1 aliphatic rings. The summed E-state index contributed by atoms with van der Waals surface area (Å²) in [4.78, 5) is 18.2. The third kappa shape index (κ3) is 2.64. The molecule has 0 saturated carbocycles. The van der Waals surface area contributed by atoms with Gasteiger partial charge in [0.25, 0.3) is 0 Å². The number of primary amides is 1. The first-order valence-electron chi connectivity index (χ1n) is 6.83. The number of fused-ring (bicyclic) bond motifs is 1. The number of pyridine rings is 1. The molecular formula is C15H18N4O. The van der Waals surface area contributed by atoms with Gasteiger partial charge in [-0.1, -0.05) is 24.3 Å². The van der Waals surface area contributed by atoms with Gasteiger partial charge in [-0.05, 0) is 12.1 Å². The molecule has 3 rings (SSSR count). The summed E-state index contributed by atoms with van der Waals surface area (Å²) in [6.45, 7) is 2.95. The van der Waals surface area contributed by atoms with Crippen molar-refractivity contribution in [1.82, 2.24) is 15.2 Å². The molecule has 1 aromatic carbocycles. The van der Waals surface area contributed by atoms with Crippen LogP contribution in [-0.2, 0) is 11.3 Å². The molecule has 3 N–H and O–H groups in total.